The van der Waals surface area contributed by atoms with Crippen LogP contribution in [0.5, 0.6) is 5.75 Å². The minimum Gasteiger partial charge on any atom is -0.507 e. The van der Waals surface area contributed by atoms with E-state index in [0.717, 1.165) is 50.0 Å². The van der Waals surface area contributed by atoms with Crippen molar-refractivity contribution in [3.05, 3.63) is 167 Å². The Labute approximate surface area is 316 Å². The number of hydrogen-bond acceptors (Lipinski definition) is 4. The summed E-state index contributed by atoms with van der Waals surface area (Å²) < 4.78 is 8.47. The van der Waals surface area contributed by atoms with Crippen molar-refractivity contribution in [3.63, 3.8) is 0 Å². The molecule has 8 rings (SSSR count). The minimum absolute atomic E-state index is 0. The van der Waals surface area contributed by atoms with Crippen LogP contribution < -0.4 is 0 Å². The van der Waals surface area contributed by atoms with Crippen LogP contribution in [-0.4, -0.2) is 20.1 Å². The number of phenols is 1. The Morgan fingerprint density at radius 1 is 0.647 bits per heavy atom. The third kappa shape index (κ3) is 5.71. The van der Waals surface area contributed by atoms with Crippen molar-refractivity contribution in [1.29, 1.82) is 0 Å². The molecule has 0 unspecified atom stereocenters. The molecule has 2 heterocycles. The van der Waals surface area contributed by atoms with Gasteiger partial charge in [0.15, 0.2) is 0 Å². The molecule has 0 spiro atoms. The molecule has 0 aliphatic heterocycles. The van der Waals surface area contributed by atoms with Crippen molar-refractivity contribution in [2.75, 3.05) is 0 Å². The summed E-state index contributed by atoms with van der Waals surface area (Å²) in [6.45, 7) is 13.5. The van der Waals surface area contributed by atoms with E-state index in [0.29, 0.717) is 17.0 Å². The van der Waals surface area contributed by atoms with Crippen LogP contribution in [0.25, 0.3) is 44.5 Å². The molecule has 0 saturated carbocycles. The quantitative estimate of drug-likeness (QED) is 0.179. The van der Waals surface area contributed by atoms with Gasteiger partial charge < -0.3 is 5.11 Å². The van der Waals surface area contributed by atoms with Gasteiger partial charge in [0.25, 0.3) is 0 Å². The van der Waals surface area contributed by atoms with Gasteiger partial charge in [-0.3, -0.25) is 9.97 Å². The average molecular weight is 847 g/mol. The maximum absolute atomic E-state index is 11.0. The molecular weight excluding hydrogens is 806 g/mol. The van der Waals surface area contributed by atoms with E-state index in [2.05, 4.69) is 112 Å². The first kappa shape index (κ1) is 33.2. The smallest absolute Gasteiger partial charge is 0.124 e. The second-order valence-electron chi connectivity index (χ2n) is 15.4. The Hall–Kier alpha value is -4.92. The molecule has 51 heavy (non-hydrogen) atoms. The third-order valence-electron chi connectivity index (χ3n) is 10.1. The number of benzene rings is 5. The van der Waals surface area contributed by atoms with Gasteiger partial charge in [-0.2, -0.15) is 0 Å². The van der Waals surface area contributed by atoms with Gasteiger partial charge in [0, 0.05) is 26.6 Å². The summed E-state index contributed by atoms with van der Waals surface area (Å²) in [6, 6.07) is 45.2. The Kier molecular flexibility index (Phi) is 8.27. The summed E-state index contributed by atoms with van der Waals surface area (Å²) >= 11 is 0. The summed E-state index contributed by atoms with van der Waals surface area (Å²) in [7, 11) is 0. The summed E-state index contributed by atoms with van der Waals surface area (Å²) in [5.41, 5.74) is 11.3. The SMILES string of the molecule is [2H]c1nc(-c2[c-]c(C3(c4cccc(-c5ccccc5O)n4)c4cc(C(C)(C)C)ccc4-c4ccc(C(C)(C)C)cc43)ccc2)c2ccccc2n1.[Pt]. The van der Waals surface area contributed by atoms with E-state index in [9.17, 15) is 5.11 Å². The molecule has 0 bridgehead atoms. The summed E-state index contributed by atoms with van der Waals surface area (Å²) in [5, 5.41) is 11.8. The van der Waals surface area contributed by atoms with Crippen molar-refractivity contribution in [2.45, 2.75) is 57.8 Å². The first-order valence-corrected chi connectivity index (χ1v) is 17.2. The Bertz CT molecular complexity index is 2430. The zero-order valence-corrected chi connectivity index (χ0v) is 31.9. The van der Waals surface area contributed by atoms with E-state index >= 15 is 0 Å². The van der Waals surface area contributed by atoms with E-state index in [-0.39, 0.29) is 43.9 Å². The maximum Gasteiger partial charge on any atom is 0.124 e. The zero-order chi connectivity index (χ0) is 35.7. The molecule has 1 aliphatic carbocycles. The number of fused-ring (bicyclic) bond motifs is 4. The molecular formula is C46H40N3OPt-. The van der Waals surface area contributed by atoms with Crippen molar-refractivity contribution in [1.82, 2.24) is 15.0 Å². The molecule has 0 amide bonds. The fourth-order valence-corrected chi connectivity index (χ4v) is 7.44. The van der Waals surface area contributed by atoms with Gasteiger partial charge in [-0.1, -0.05) is 114 Å². The Morgan fingerprint density at radius 2 is 1.27 bits per heavy atom. The van der Waals surface area contributed by atoms with Gasteiger partial charge in [-0.25, -0.2) is 4.98 Å². The molecule has 5 heteroatoms. The molecule has 1 N–H and O–H groups in total. The van der Waals surface area contributed by atoms with Gasteiger partial charge in [-0.15, -0.1) is 35.4 Å². The Morgan fingerprint density at radius 3 is 1.94 bits per heavy atom. The van der Waals surface area contributed by atoms with Crippen LogP contribution in [0.3, 0.4) is 0 Å². The van der Waals surface area contributed by atoms with Gasteiger partial charge in [0.1, 0.15) is 13.4 Å². The second-order valence-corrected chi connectivity index (χ2v) is 15.4. The normalized spacial score (nSPS) is 13.6. The number of para-hydroxylation sites is 2. The molecule has 4 nitrogen and oxygen atoms in total. The minimum atomic E-state index is -0.879. The van der Waals surface area contributed by atoms with E-state index in [1.54, 1.807) is 6.07 Å². The van der Waals surface area contributed by atoms with Crippen LogP contribution >= 0.6 is 0 Å². The summed E-state index contributed by atoms with van der Waals surface area (Å²) in [6.07, 6.45) is -0.0320. The van der Waals surface area contributed by atoms with Crippen molar-refractivity contribution < 1.29 is 27.5 Å². The molecule has 0 saturated heterocycles. The van der Waals surface area contributed by atoms with Crippen LogP contribution in [0.4, 0.5) is 0 Å². The first-order chi connectivity index (χ1) is 24.4. The molecule has 7 aromatic rings. The summed E-state index contributed by atoms with van der Waals surface area (Å²) in [4.78, 5) is 14.5. The average Bonchev–Trinajstić information content (AvgIpc) is 3.41. The van der Waals surface area contributed by atoms with Crippen molar-refractivity contribution in [3.8, 4) is 39.4 Å². The number of hydrogen-bond donors (Lipinski definition) is 1. The fourth-order valence-electron chi connectivity index (χ4n) is 7.44. The van der Waals surface area contributed by atoms with Gasteiger partial charge in [-0.05, 0) is 85.6 Å². The predicted molar refractivity (Wildman–Crippen MR) is 203 cm³/mol. The number of pyridine rings is 1. The van der Waals surface area contributed by atoms with Crippen molar-refractivity contribution >= 4 is 10.9 Å². The second kappa shape index (κ2) is 12.7. The summed E-state index contributed by atoms with van der Waals surface area (Å²) in [5.74, 6) is 0.184. The van der Waals surface area contributed by atoms with Crippen LogP contribution in [-0.2, 0) is 37.3 Å². The molecule has 1 aliphatic rings. The monoisotopic (exact) mass is 846 g/mol. The number of aromatic hydroxyl groups is 1. The maximum atomic E-state index is 11.0. The molecule has 2 aromatic heterocycles. The molecule has 0 fully saturated rings. The van der Waals surface area contributed by atoms with E-state index in [1.807, 2.05) is 60.7 Å². The van der Waals surface area contributed by atoms with Crippen LogP contribution in [0, 0.1) is 6.07 Å². The van der Waals surface area contributed by atoms with Crippen LogP contribution in [0.2, 0.25) is 0 Å². The largest absolute Gasteiger partial charge is 0.507 e. The third-order valence-corrected chi connectivity index (χ3v) is 10.1. The number of nitrogens with zero attached hydrogens (tertiary/aromatic N) is 3. The number of phenolic OH excluding ortho intramolecular Hbond substituents is 1. The fraction of sp³-hybridized carbons (Fsp3) is 0.196. The predicted octanol–water partition coefficient (Wildman–Crippen LogP) is 10.8. The Balaban J connectivity index is 0.00000420. The topological polar surface area (TPSA) is 58.9 Å². The van der Waals surface area contributed by atoms with Crippen molar-refractivity contribution in [2.24, 2.45) is 0 Å². The van der Waals surface area contributed by atoms with E-state index in [4.69, 9.17) is 6.35 Å². The number of aromatic nitrogens is 3. The van der Waals surface area contributed by atoms with E-state index < -0.39 is 5.41 Å². The van der Waals surface area contributed by atoms with Crippen LogP contribution in [0.1, 0.15) is 76.4 Å². The van der Waals surface area contributed by atoms with Gasteiger partial charge >= 0.3 is 0 Å². The van der Waals surface area contributed by atoms with E-state index in [1.165, 1.54) is 11.1 Å². The molecule has 0 atom stereocenters. The first-order valence-electron chi connectivity index (χ1n) is 17.7. The molecule has 5 aromatic carbocycles. The van der Waals surface area contributed by atoms with Crippen LogP contribution in [0.15, 0.2) is 128 Å². The molecule has 0 radical (unpaired) electrons. The number of rotatable bonds is 4. The standard InChI is InChI=1S/C46H40N3O.Pt/c1-44(2,3)30-21-23-33-34-24-22-31(45(4,5)6)27-38(34)46(37(33)26-30,42-20-12-18-40(49-42)35-15-8-10-19-41(35)50)32-14-11-13-29(25-32)43-36-16-7-9-17-39(36)47-28-48-43;/h7-24,26-28,50H,1-6H3;/q-1;/i28D;. The van der Waals surface area contributed by atoms with Gasteiger partial charge in [0.2, 0.25) is 0 Å². The zero-order valence-electron chi connectivity index (χ0n) is 30.7. The molecule has 256 valence electrons. The van der Waals surface area contributed by atoms with Gasteiger partial charge in [0.05, 0.1) is 22.3 Å².